The second kappa shape index (κ2) is 5.19. The van der Waals surface area contributed by atoms with Crippen molar-refractivity contribution in [2.45, 2.75) is 57.6 Å². The van der Waals surface area contributed by atoms with Crippen molar-refractivity contribution in [1.29, 1.82) is 0 Å². The number of halogens is 1. The van der Waals surface area contributed by atoms with E-state index in [1.54, 1.807) is 6.20 Å². The SMILES string of the molecule is CCCn1ncc(Cl)c1C1CCCCC1O. The van der Waals surface area contributed by atoms with Gasteiger partial charge in [0.05, 0.1) is 23.0 Å². The average molecular weight is 243 g/mol. The van der Waals surface area contributed by atoms with Gasteiger partial charge < -0.3 is 5.11 Å². The largest absolute Gasteiger partial charge is 0.392 e. The lowest BCUT2D eigenvalue weighted by molar-refractivity contribution is 0.102. The minimum absolute atomic E-state index is 0.176. The number of aryl methyl sites for hydroxylation is 1. The third kappa shape index (κ3) is 2.25. The zero-order valence-electron chi connectivity index (χ0n) is 9.69. The smallest absolute Gasteiger partial charge is 0.0821 e. The molecule has 1 aliphatic carbocycles. The molecule has 1 fully saturated rings. The van der Waals surface area contributed by atoms with Crippen molar-refractivity contribution in [3.8, 4) is 0 Å². The molecule has 0 aromatic carbocycles. The summed E-state index contributed by atoms with van der Waals surface area (Å²) in [7, 11) is 0. The highest BCUT2D eigenvalue weighted by Crippen LogP contribution is 2.36. The Morgan fingerprint density at radius 1 is 1.50 bits per heavy atom. The molecule has 2 rings (SSSR count). The Hall–Kier alpha value is -0.540. The lowest BCUT2D eigenvalue weighted by atomic mass is 9.84. The topological polar surface area (TPSA) is 38.0 Å². The molecule has 0 saturated heterocycles. The second-order valence-corrected chi connectivity index (χ2v) is 4.97. The van der Waals surface area contributed by atoms with E-state index in [2.05, 4.69) is 12.0 Å². The van der Waals surface area contributed by atoms with Crippen molar-refractivity contribution >= 4 is 11.6 Å². The van der Waals surface area contributed by atoms with E-state index in [1.165, 1.54) is 6.42 Å². The summed E-state index contributed by atoms with van der Waals surface area (Å²) in [5, 5.41) is 15.1. The minimum Gasteiger partial charge on any atom is -0.392 e. The predicted octanol–water partition coefficient (Wildman–Crippen LogP) is 2.97. The Morgan fingerprint density at radius 2 is 2.25 bits per heavy atom. The van der Waals surface area contributed by atoms with E-state index in [1.807, 2.05) is 4.68 Å². The van der Waals surface area contributed by atoms with Crippen LogP contribution >= 0.6 is 11.6 Å². The predicted molar refractivity (Wildman–Crippen MR) is 64.7 cm³/mol. The molecule has 0 bridgehead atoms. The number of aromatic nitrogens is 2. The number of hydrogen-bond acceptors (Lipinski definition) is 2. The van der Waals surface area contributed by atoms with Crippen molar-refractivity contribution in [3.63, 3.8) is 0 Å². The summed E-state index contributed by atoms with van der Waals surface area (Å²) in [4.78, 5) is 0. The zero-order valence-corrected chi connectivity index (χ0v) is 10.5. The van der Waals surface area contributed by atoms with E-state index >= 15 is 0 Å². The van der Waals surface area contributed by atoms with E-state index in [9.17, 15) is 5.11 Å². The highest BCUT2D eigenvalue weighted by Gasteiger charge is 2.29. The summed E-state index contributed by atoms with van der Waals surface area (Å²) in [5.74, 6) is 0.176. The van der Waals surface area contributed by atoms with Crippen LogP contribution in [0, 0.1) is 0 Å². The van der Waals surface area contributed by atoms with Gasteiger partial charge in [0.2, 0.25) is 0 Å². The minimum atomic E-state index is -0.251. The van der Waals surface area contributed by atoms with Gasteiger partial charge in [-0.15, -0.1) is 0 Å². The number of hydrogen-bond donors (Lipinski definition) is 1. The molecule has 1 saturated carbocycles. The quantitative estimate of drug-likeness (QED) is 0.885. The molecule has 1 aliphatic rings. The van der Waals surface area contributed by atoms with Crippen molar-refractivity contribution in [2.75, 3.05) is 0 Å². The monoisotopic (exact) mass is 242 g/mol. The van der Waals surface area contributed by atoms with E-state index in [4.69, 9.17) is 11.6 Å². The summed E-state index contributed by atoms with van der Waals surface area (Å²) in [6.45, 7) is 3.00. The Labute approximate surface area is 101 Å². The molecule has 1 aromatic heterocycles. The molecule has 1 heterocycles. The van der Waals surface area contributed by atoms with Crippen molar-refractivity contribution in [2.24, 2.45) is 0 Å². The molecule has 16 heavy (non-hydrogen) atoms. The Balaban J connectivity index is 2.26. The van der Waals surface area contributed by atoms with Crippen LogP contribution in [0.5, 0.6) is 0 Å². The van der Waals surface area contributed by atoms with Crippen LogP contribution in [0.3, 0.4) is 0 Å². The van der Waals surface area contributed by atoms with Crippen LogP contribution in [0.4, 0.5) is 0 Å². The van der Waals surface area contributed by atoms with Crippen LogP contribution in [-0.2, 0) is 6.54 Å². The first-order chi connectivity index (χ1) is 7.74. The van der Waals surface area contributed by atoms with Crippen molar-refractivity contribution in [1.82, 2.24) is 9.78 Å². The lowest BCUT2D eigenvalue weighted by Crippen LogP contribution is -2.25. The van der Waals surface area contributed by atoms with Gasteiger partial charge in [-0.05, 0) is 19.3 Å². The lowest BCUT2D eigenvalue weighted by Gasteiger charge is -2.28. The standard InChI is InChI=1S/C12H19ClN2O/c1-2-7-15-12(10(13)8-14-15)9-5-3-4-6-11(9)16/h8-9,11,16H,2-7H2,1H3. The van der Waals surface area contributed by atoms with E-state index < -0.39 is 0 Å². The third-order valence-electron chi connectivity index (χ3n) is 3.35. The molecule has 2 atom stereocenters. The van der Waals surface area contributed by atoms with Gasteiger partial charge in [-0.3, -0.25) is 4.68 Å². The molecule has 3 nitrogen and oxygen atoms in total. The molecule has 0 spiro atoms. The van der Waals surface area contributed by atoms with Gasteiger partial charge in [0, 0.05) is 12.5 Å². The Kier molecular flexibility index (Phi) is 3.87. The molecular formula is C12H19ClN2O. The van der Waals surface area contributed by atoms with Crippen LogP contribution < -0.4 is 0 Å². The molecule has 4 heteroatoms. The Morgan fingerprint density at radius 3 is 2.94 bits per heavy atom. The summed E-state index contributed by atoms with van der Waals surface area (Å²) in [5.41, 5.74) is 1.04. The average Bonchev–Trinajstić information content (AvgIpc) is 2.62. The first-order valence-electron chi connectivity index (χ1n) is 6.13. The van der Waals surface area contributed by atoms with Crippen LogP contribution in [0.25, 0.3) is 0 Å². The fourth-order valence-corrected chi connectivity index (χ4v) is 2.84. The van der Waals surface area contributed by atoms with Crippen molar-refractivity contribution in [3.05, 3.63) is 16.9 Å². The third-order valence-corrected chi connectivity index (χ3v) is 3.64. The molecule has 1 aromatic rings. The van der Waals surface area contributed by atoms with Gasteiger partial charge in [0.25, 0.3) is 0 Å². The number of nitrogens with zero attached hydrogens (tertiary/aromatic N) is 2. The maximum Gasteiger partial charge on any atom is 0.0821 e. The van der Waals surface area contributed by atoms with Crippen LogP contribution in [0.2, 0.25) is 5.02 Å². The summed E-state index contributed by atoms with van der Waals surface area (Å²) >= 11 is 6.18. The highest BCUT2D eigenvalue weighted by molar-refractivity contribution is 6.31. The molecule has 0 radical (unpaired) electrons. The van der Waals surface area contributed by atoms with Gasteiger partial charge in [-0.2, -0.15) is 5.10 Å². The van der Waals surface area contributed by atoms with Gasteiger partial charge in [-0.25, -0.2) is 0 Å². The molecule has 0 aliphatic heterocycles. The van der Waals surface area contributed by atoms with Gasteiger partial charge in [-0.1, -0.05) is 31.4 Å². The van der Waals surface area contributed by atoms with Crippen LogP contribution in [0.1, 0.15) is 50.6 Å². The maximum atomic E-state index is 10.1. The van der Waals surface area contributed by atoms with Crippen molar-refractivity contribution < 1.29 is 5.11 Å². The van der Waals surface area contributed by atoms with E-state index in [0.29, 0.717) is 5.02 Å². The summed E-state index contributed by atoms with van der Waals surface area (Å²) < 4.78 is 1.96. The Bertz CT molecular complexity index is 351. The fourth-order valence-electron chi connectivity index (χ4n) is 2.56. The molecule has 2 unspecified atom stereocenters. The zero-order chi connectivity index (χ0) is 11.5. The number of aliphatic hydroxyl groups is 1. The fraction of sp³-hybridized carbons (Fsp3) is 0.750. The molecular weight excluding hydrogens is 224 g/mol. The molecule has 1 N–H and O–H groups in total. The van der Waals surface area contributed by atoms with Crippen LogP contribution in [-0.4, -0.2) is 21.0 Å². The first kappa shape index (κ1) is 11.9. The molecule has 90 valence electrons. The van der Waals surface area contributed by atoms with E-state index in [0.717, 1.165) is 37.9 Å². The van der Waals surface area contributed by atoms with Gasteiger partial charge in [0.1, 0.15) is 0 Å². The number of aliphatic hydroxyl groups excluding tert-OH is 1. The normalized spacial score (nSPS) is 25.9. The van der Waals surface area contributed by atoms with Gasteiger partial charge >= 0.3 is 0 Å². The van der Waals surface area contributed by atoms with Crippen LogP contribution in [0.15, 0.2) is 6.20 Å². The second-order valence-electron chi connectivity index (χ2n) is 4.56. The molecule has 0 amide bonds. The summed E-state index contributed by atoms with van der Waals surface area (Å²) in [6, 6.07) is 0. The van der Waals surface area contributed by atoms with Gasteiger partial charge in [0.15, 0.2) is 0 Å². The maximum absolute atomic E-state index is 10.1. The number of rotatable bonds is 3. The van der Waals surface area contributed by atoms with E-state index in [-0.39, 0.29) is 12.0 Å². The summed E-state index contributed by atoms with van der Waals surface area (Å²) in [6.07, 6.45) is 6.70. The first-order valence-corrected chi connectivity index (χ1v) is 6.51. The highest BCUT2D eigenvalue weighted by atomic mass is 35.5.